The summed E-state index contributed by atoms with van der Waals surface area (Å²) in [5.41, 5.74) is 1.92. The lowest BCUT2D eigenvalue weighted by molar-refractivity contribution is -0.136. The molecule has 2 heterocycles. The van der Waals surface area contributed by atoms with Crippen molar-refractivity contribution in [2.45, 2.75) is 19.1 Å². The number of aromatic nitrogens is 1. The van der Waals surface area contributed by atoms with Gasteiger partial charge in [0, 0.05) is 19.3 Å². The molecule has 4 rings (SSSR count). The van der Waals surface area contributed by atoms with Crippen LogP contribution in [0.5, 0.6) is 0 Å². The smallest absolute Gasteiger partial charge is 0.340 e. The van der Waals surface area contributed by atoms with E-state index in [1.54, 1.807) is 11.0 Å². The van der Waals surface area contributed by atoms with Gasteiger partial charge in [0.15, 0.2) is 0 Å². The number of alkyl halides is 3. The normalized spacial score (nSPS) is 13.7. The number of rotatable bonds is 3. The lowest BCUT2D eigenvalue weighted by Gasteiger charge is -2.28. The molecule has 0 unspecified atom stereocenters. The SMILES string of the molecule is O=C(c1ccc(Nc2ccccc2C(F)(F)F)nc1)N1CCc2ccccc2C1. The quantitative estimate of drug-likeness (QED) is 0.673. The maximum absolute atomic E-state index is 13.1. The molecule has 0 fully saturated rings. The first kappa shape index (κ1) is 19.0. The summed E-state index contributed by atoms with van der Waals surface area (Å²) in [7, 11) is 0. The minimum Gasteiger partial charge on any atom is -0.340 e. The Bertz CT molecular complexity index is 1030. The molecule has 1 aliphatic heterocycles. The zero-order chi connectivity index (χ0) is 20.4. The van der Waals surface area contributed by atoms with Crippen molar-refractivity contribution in [1.82, 2.24) is 9.88 Å². The summed E-state index contributed by atoms with van der Waals surface area (Å²) in [5, 5.41) is 2.68. The number of amides is 1. The van der Waals surface area contributed by atoms with Gasteiger partial charge in [0.2, 0.25) is 0 Å². The minimum atomic E-state index is -4.47. The van der Waals surface area contributed by atoms with E-state index in [1.807, 2.05) is 18.2 Å². The van der Waals surface area contributed by atoms with Crippen molar-refractivity contribution < 1.29 is 18.0 Å². The minimum absolute atomic E-state index is 0.0841. The lowest BCUT2D eigenvalue weighted by atomic mass is 9.99. The number of fused-ring (bicyclic) bond motifs is 1. The Labute approximate surface area is 166 Å². The van der Waals surface area contributed by atoms with E-state index < -0.39 is 11.7 Å². The van der Waals surface area contributed by atoms with Gasteiger partial charge in [-0.25, -0.2) is 4.98 Å². The van der Waals surface area contributed by atoms with Crippen molar-refractivity contribution in [1.29, 1.82) is 0 Å². The Balaban J connectivity index is 1.48. The van der Waals surface area contributed by atoms with Crippen LogP contribution < -0.4 is 5.32 Å². The first-order chi connectivity index (χ1) is 13.9. The van der Waals surface area contributed by atoms with E-state index in [-0.39, 0.29) is 17.4 Å². The number of hydrogen-bond acceptors (Lipinski definition) is 3. The summed E-state index contributed by atoms with van der Waals surface area (Å²) < 4.78 is 39.4. The summed E-state index contributed by atoms with van der Waals surface area (Å²) in [5.74, 6) is 0.0940. The molecule has 0 radical (unpaired) electrons. The summed E-state index contributed by atoms with van der Waals surface area (Å²) in [6, 6.07) is 16.3. The molecule has 1 N–H and O–H groups in total. The van der Waals surface area contributed by atoms with Crippen LogP contribution in [0.15, 0.2) is 66.9 Å². The Hall–Kier alpha value is -3.35. The van der Waals surface area contributed by atoms with Crippen molar-refractivity contribution >= 4 is 17.4 Å². The van der Waals surface area contributed by atoms with Gasteiger partial charge in [-0.3, -0.25) is 4.79 Å². The predicted molar refractivity (Wildman–Crippen MR) is 104 cm³/mol. The van der Waals surface area contributed by atoms with Crippen molar-refractivity contribution in [3.63, 3.8) is 0 Å². The molecule has 1 amide bonds. The molecule has 7 heteroatoms. The van der Waals surface area contributed by atoms with Crippen LogP contribution in [0.2, 0.25) is 0 Å². The fourth-order valence-corrected chi connectivity index (χ4v) is 3.42. The molecule has 0 bridgehead atoms. The van der Waals surface area contributed by atoms with Gasteiger partial charge in [-0.2, -0.15) is 13.2 Å². The second kappa shape index (κ2) is 7.58. The van der Waals surface area contributed by atoms with Gasteiger partial charge >= 0.3 is 6.18 Å². The number of nitrogens with zero attached hydrogens (tertiary/aromatic N) is 2. The van der Waals surface area contributed by atoms with Crippen molar-refractivity contribution in [3.05, 3.63) is 89.1 Å². The molecule has 0 saturated carbocycles. The van der Waals surface area contributed by atoms with Gasteiger partial charge < -0.3 is 10.2 Å². The van der Waals surface area contributed by atoms with E-state index in [0.717, 1.165) is 18.1 Å². The van der Waals surface area contributed by atoms with Gasteiger partial charge in [-0.05, 0) is 41.8 Å². The second-order valence-corrected chi connectivity index (χ2v) is 6.85. The van der Waals surface area contributed by atoms with Crippen LogP contribution in [0.25, 0.3) is 0 Å². The van der Waals surface area contributed by atoms with Crippen LogP contribution in [0.3, 0.4) is 0 Å². The lowest BCUT2D eigenvalue weighted by Crippen LogP contribution is -2.35. The number of pyridine rings is 1. The fourth-order valence-electron chi connectivity index (χ4n) is 3.42. The first-order valence-corrected chi connectivity index (χ1v) is 9.17. The highest BCUT2D eigenvalue weighted by molar-refractivity contribution is 5.94. The van der Waals surface area contributed by atoms with Gasteiger partial charge in [0.1, 0.15) is 5.82 Å². The third-order valence-electron chi connectivity index (χ3n) is 4.92. The number of nitrogens with one attached hydrogen (secondary N) is 1. The third-order valence-corrected chi connectivity index (χ3v) is 4.92. The number of halogens is 3. The summed E-state index contributed by atoms with van der Waals surface area (Å²) in [4.78, 5) is 18.7. The van der Waals surface area contributed by atoms with Crippen LogP contribution in [-0.4, -0.2) is 22.3 Å². The molecule has 0 aliphatic carbocycles. The number of benzene rings is 2. The topological polar surface area (TPSA) is 45.2 Å². The number of carbonyl (C=O) groups is 1. The molecule has 3 aromatic rings. The molecule has 2 aromatic carbocycles. The number of para-hydroxylation sites is 1. The van der Waals surface area contributed by atoms with E-state index in [2.05, 4.69) is 16.4 Å². The molecule has 1 aromatic heterocycles. The second-order valence-electron chi connectivity index (χ2n) is 6.85. The van der Waals surface area contributed by atoms with Crippen LogP contribution in [-0.2, 0) is 19.1 Å². The highest BCUT2D eigenvalue weighted by atomic mass is 19.4. The molecule has 148 valence electrons. The number of hydrogen-bond donors (Lipinski definition) is 1. The number of carbonyl (C=O) groups excluding carboxylic acids is 1. The Morgan fingerprint density at radius 1 is 0.966 bits per heavy atom. The molecule has 4 nitrogen and oxygen atoms in total. The fraction of sp³-hybridized carbons (Fsp3) is 0.182. The van der Waals surface area contributed by atoms with Crippen LogP contribution in [0.4, 0.5) is 24.7 Å². The zero-order valence-electron chi connectivity index (χ0n) is 15.4. The van der Waals surface area contributed by atoms with Crippen LogP contribution in [0.1, 0.15) is 27.0 Å². The average Bonchev–Trinajstić information content (AvgIpc) is 2.73. The monoisotopic (exact) mass is 397 g/mol. The van der Waals surface area contributed by atoms with Gasteiger partial charge in [0.25, 0.3) is 5.91 Å². The standard InChI is InChI=1S/C22H18F3N3O/c23-22(24,25)18-7-3-4-8-19(18)27-20-10-9-16(13-26-20)21(29)28-12-11-15-5-1-2-6-17(15)14-28/h1-10,13H,11-12,14H2,(H,26,27). The molecule has 0 atom stereocenters. The maximum Gasteiger partial charge on any atom is 0.418 e. The Morgan fingerprint density at radius 2 is 1.69 bits per heavy atom. The van der Waals surface area contributed by atoms with E-state index >= 15 is 0 Å². The van der Waals surface area contributed by atoms with Crippen LogP contribution >= 0.6 is 0 Å². The van der Waals surface area contributed by atoms with Gasteiger partial charge in [0.05, 0.1) is 16.8 Å². The van der Waals surface area contributed by atoms with Crippen molar-refractivity contribution in [3.8, 4) is 0 Å². The van der Waals surface area contributed by atoms with E-state index in [0.29, 0.717) is 18.7 Å². The van der Waals surface area contributed by atoms with E-state index in [9.17, 15) is 18.0 Å². The Kier molecular flexibility index (Phi) is 4.96. The van der Waals surface area contributed by atoms with Gasteiger partial charge in [-0.1, -0.05) is 36.4 Å². The number of anilines is 2. The van der Waals surface area contributed by atoms with Crippen LogP contribution in [0, 0.1) is 0 Å². The highest BCUT2D eigenvalue weighted by Crippen LogP contribution is 2.35. The molecule has 0 spiro atoms. The van der Waals surface area contributed by atoms with Crippen molar-refractivity contribution in [2.24, 2.45) is 0 Å². The molecular formula is C22H18F3N3O. The van der Waals surface area contributed by atoms with Crippen molar-refractivity contribution in [2.75, 3.05) is 11.9 Å². The van der Waals surface area contributed by atoms with E-state index in [4.69, 9.17) is 0 Å². The molecule has 1 aliphatic rings. The van der Waals surface area contributed by atoms with E-state index in [1.165, 1.54) is 36.0 Å². The first-order valence-electron chi connectivity index (χ1n) is 9.17. The molecule has 29 heavy (non-hydrogen) atoms. The summed E-state index contributed by atoms with van der Waals surface area (Å²) >= 11 is 0. The zero-order valence-corrected chi connectivity index (χ0v) is 15.4. The predicted octanol–water partition coefficient (Wildman–Crippen LogP) is 5.04. The highest BCUT2D eigenvalue weighted by Gasteiger charge is 2.33. The molecule has 0 saturated heterocycles. The van der Waals surface area contributed by atoms with Gasteiger partial charge in [-0.15, -0.1) is 0 Å². The summed E-state index contributed by atoms with van der Waals surface area (Å²) in [6.45, 7) is 1.16. The summed E-state index contributed by atoms with van der Waals surface area (Å²) in [6.07, 6.45) is -2.28. The third kappa shape index (κ3) is 4.08. The average molecular weight is 397 g/mol. The Morgan fingerprint density at radius 3 is 2.41 bits per heavy atom. The maximum atomic E-state index is 13.1. The largest absolute Gasteiger partial charge is 0.418 e. The molecular weight excluding hydrogens is 379 g/mol.